The lowest BCUT2D eigenvalue weighted by molar-refractivity contribution is -0.119. The van der Waals surface area contributed by atoms with Gasteiger partial charge in [0.1, 0.15) is 11.2 Å². The van der Waals surface area contributed by atoms with E-state index < -0.39 is 0 Å². The summed E-state index contributed by atoms with van der Waals surface area (Å²) in [6.07, 6.45) is 0. The molecule has 0 radical (unpaired) electrons. The second-order valence-electron chi connectivity index (χ2n) is 6.37. The first-order chi connectivity index (χ1) is 13.1. The van der Waals surface area contributed by atoms with Crippen LogP contribution >= 0.6 is 0 Å². The molecule has 5 heteroatoms. The minimum Gasteiger partial charge on any atom is -0.456 e. The van der Waals surface area contributed by atoms with Gasteiger partial charge >= 0.3 is 0 Å². The predicted molar refractivity (Wildman–Crippen MR) is 106 cm³/mol. The Morgan fingerprint density at radius 1 is 0.889 bits per heavy atom. The Morgan fingerprint density at radius 2 is 1.63 bits per heavy atom. The minimum absolute atomic E-state index is 0.0843. The third-order valence-electron chi connectivity index (χ3n) is 4.39. The number of carbonyl (C=O) groups is 2. The van der Waals surface area contributed by atoms with E-state index in [0.29, 0.717) is 17.8 Å². The van der Waals surface area contributed by atoms with Gasteiger partial charge in [0.05, 0.1) is 0 Å². The molecule has 2 N–H and O–H groups in total. The highest BCUT2D eigenvalue weighted by molar-refractivity contribution is 6.09. The van der Waals surface area contributed by atoms with Crippen LogP contribution in [0.5, 0.6) is 0 Å². The molecule has 0 aliphatic rings. The van der Waals surface area contributed by atoms with Crippen molar-refractivity contribution in [2.75, 3.05) is 5.32 Å². The zero-order valence-electron chi connectivity index (χ0n) is 14.8. The molecule has 1 heterocycles. The van der Waals surface area contributed by atoms with E-state index in [9.17, 15) is 9.59 Å². The summed E-state index contributed by atoms with van der Waals surface area (Å²) >= 11 is 0. The third-order valence-corrected chi connectivity index (χ3v) is 4.39. The standard InChI is InChI=1S/C22H18N2O3/c1-14(25)23-13-15-6-8-16(9-7-15)22(26)24-17-10-11-21-19(12-17)18-4-2-3-5-20(18)27-21/h2-12H,13H2,1H3,(H,23,25)(H,24,26). The predicted octanol–water partition coefficient (Wildman–Crippen LogP) is 4.47. The minimum atomic E-state index is -0.187. The Morgan fingerprint density at radius 3 is 2.41 bits per heavy atom. The lowest BCUT2D eigenvalue weighted by Crippen LogP contribution is -2.19. The van der Waals surface area contributed by atoms with E-state index in [2.05, 4.69) is 10.6 Å². The number of hydrogen-bond donors (Lipinski definition) is 2. The van der Waals surface area contributed by atoms with Gasteiger partial charge in [-0.2, -0.15) is 0 Å². The highest BCUT2D eigenvalue weighted by Crippen LogP contribution is 2.30. The third kappa shape index (κ3) is 3.53. The van der Waals surface area contributed by atoms with Gasteiger partial charge in [0, 0.05) is 35.5 Å². The van der Waals surface area contributed by atoms with Crippen molar-refractivity contribution in [3.63, 3.8) is 0 Å². The van der Waals surface area contributed by atoms with E-state index in [0.717, 1.165) is 27.5 Å². The topological polar surface area (TPSA) is 71.3 Å². The van der Waals surface area contributed by atoms with Crippen molar-refractivity contribution in [2.24, 2.45) is 0 Å². The van der Waals surface area contributed by atoms with E-state index in [1.54, 1.807) is 12.1 Å². The van der Waals surface area contributed by atoms with E-state index in [1.165, 1.54) is 6.92 Å². The molecule has 0 spiro atoms. The maximum absolute atomic E-state index is 12.5. The average Bonchev–Trinajstić information content (AvgIpc) is 3.05. The van der Waals surface area contributed by atoms with Gasteiger partial charge in [-0.3, -0.25) is 9.59 Å². The molecule has 0 bridgehead atoms. The molecule has 27 heavy (non-hydrogen) atoms. The molecule has 3 aromatic carbocycles. The zero-order chi connectivity index (χ0) is 18.8. The molecule has 0 saturated carbocycles. The summed E-state index contributed by atoms with van der Waals surface area (Å²) in [6.45, 7) is 1.92. The van der Waals surface area contributed by atoms with Gasteiger partial charge in [-0.1, -0.05) is 30.3 Å². The van der Waals surface area contributed by atoms with Crippen molar-refractivity contribution in [2.45, 2.75) is 13.5 Å². The molecule has 0 aliphatic heterocycles. The fourth-order valence-electron chi connectivity index (χ4n) is 3.01. The summed E-state index contributed by atoms with van der Waals surface area (Å²) in [6, 6.07) is 20.6. The molecule has 0 atom stereocenters. The van der Waals surface area contributed by atoms with Gasteiger partial charge in [0.25, 0.3) is 5.91 Å². The number of hydrogen-bond acceptors (Lipinski definition) is 3. The maximum Gasteiger partial charge on any atom is 0.255 e. The highest BCUT2D eigenvalue weighted by Gasteiger charge is 2.10. The Bertz CT molecular complexity index is 1140. The van der Waals surface area contributed by atoms with Gasteiger partial charge < -0.3 is 15.1 Å². The number of benzene rings is 3. The molecule has 134 valence electrons. The van der Waals surface area contributed by atoms with Crippen molar-refractivity contribution in [1.82, 2.24) is 5.32 Å². The lowest BCUT2D eigenvalue weighted by atomic mass is 10.1. The monoisotopic (exact) mass is 358 g/mol. The van der Waals surface area contributed by atoms with Crippen LogP contribution in [0.3, 0.4) is 0 Å². The molecule has 0 fully saturated rings. The van der Waals surface area contributed by atoms with Crippen molar-refractivity contribution in [3.8, 4) is 0 Å². The van der Waals surface area contributed by atoms with Gasteiger partial charge in [-0.05, 0) is 42.0 Å². The first-order valence-corrected chi connectivity index (χ1v) is 8.66. The van der Waals surface area contributed by atoms with E-state index >= 15 is 0 Å². The van der Waals surface area contributed by atoms with Gasteiger partial charge in [0.15, 0.2) is 0 Å². The summed E-state index contributed by atoms with van der Waals surface area (Å²) in [5.74, 6) is -0.271. The first-order valence-electron chi connectivity index (χ1n) is 8.66. The largest absolute Gasteiger partial charge is 0.456 e. The molecule has 0 saturated heterocycles. The second kappa shape index (κ2) is 6.96. The first kappa shape index (κ1) is 16.8. The molecule has 1 aromatic heterocycles. The number of amides is 2. The fourth-order valence-corrected chi connectivity index (χ4v) is 3.01. The van der Waals surface area contributed by atoms with Crippen LogP contribution in [0.2, 0.25) is 0 Å². The molecule has 4 rings (SSSR count). The van der Waals surface area contributed by atoms with Crippen LogP contribution in [-0.2, 0) is 11.3 Å². The molecule has 5 nitrogen and oxygen atoms in total. The number of carbonyl (C=O) groups excluding carboxylic acids is 2. The van der Waals surface area contributed by atoms with E-state index in [-0.39, 0.29) is 11.8 Å². The quantitative estimate of drug-likeness (QED) is 0.565. The fraction of sp³-hybridized carbons (Fsp3) is 0.0909. The van der Waals surface area contributed by atoms with Crippen LogP contribution in [0.4, 0.5) is 5.69 Å². The number of nitrogens with one attached hydrogen (secondary N) is 2. The Hall–Kier alpha value is -3.60. The van der Waals surface area contributed by atoms with Crippen molar-refractivity contribution < 1.29 is 14.0 Å². The van der Waals surface area contributed by atoms with Crippen molar-refractivity contribution in [1.29, 1.82) is 0 Å². The van der Waals surface area contributed by atoms with Crippen LogP contribution in [0, 0.1) is 0 Å². The summed E-state index contributed by atoms with van der Waals surface area (Å²) in [4.78, 5) is 23.5. The summed E-state index contributed by atoms with van der Waals surface area (Å²) < 4.78 is 5.81. The SMILES string of the molecule is CC(=O)NCc1ccc(C(=O)Nc2ccc3oc4ccccc4c3c2)cc1. The van der Waals surface area contributed by atoms with Gasteiger partial charge in [-0.15, -0.1) is 0 Å². The second-order valence-corrected chi connectivity index (χ2v) is 6.37. The Labute approximate surface area is 156 Å². The number of rotatable bonds is 4. The molecular formula is C22H18N2O3. The molecule has 4 aromatic rings. The van der Waals surface area contributed by atoms with Gasteiger partial charge in [0.2, 0.25) is 5.91 Å². The molecular weight excluding hydrogens is 340 g/mol. The van der Waals surface area contributed by atoms with E-state index in [4.69, 9.17) is 4.42 Å². The molecule has 2 amide bonds. The molecule has 0 aliphatic carbocycles. The van der Waals surface area contributed by atoms with Gasteiger partial charge in [-0.25, -0.2) is 0 Å². The number of anilines is 1. The van der Waals surface area contributed by atoms with Crippen LogP contribution in [0.1, 0.15) is 22.8 Å². The maximum atomic E-state index is 12.5. The van der Waals surface area contributed by atoms with Crippen LogP contribution in [0.15, 0.2) is 71.1 Å². The zero-order valence-corrected chi connectivity index (χ0v) is 14.8. The van der Waals surface area contributed by atoms with Crippen LogP contribution < -0.4 is 10.6 Å². The van der Waals surface area contributed by atoms with Crippen molar-refractivity contribution >= 4 is 39.4 Å². The summed E-state index contributed by atoms with van der Waals surface area (Å²) in [5, 5.41) is 7.64. The average molecular weight is 358 g/mol. The number of fused-ring (bicyclic) bond motifs is 3. The smallest absolute Gasteiger partial charge is 0.255 e. The summed E-state index contributed by atoms with van der Waals surface area (Å²) in [7, 11) is 0. The van der Waals surface area contributed by atoms with Crippen LogP contribution in [0.25, 0.3) is 21.9 Å². The lowest BCUT2D eigenvalue weighted by Gasteiger charge is -2.07. The number of furan rings is 1. The van der Waals surface area contributed by atoms with Crippen molar-refractivity contribution in [3.05, 3.63) is 77.9 Å². The Balaban J connectivity index is 1.53. The highest BCUT2D eigenvalue weighted by atomic mass is 16.3. The summed E-state index contributed by atoms with van der Waals surface area (Å²) in [5.41, 5.74) is 3.82. The van der Waals surface area contributed by atoms with Crippen LogP contribution in [-0.4, -0.2) is 11.8 Å². The Kier molecular flexibility index (Phi) is 4.34. The molecule has 0 unspecified atom stereocenters. The van der Waals surface area contributed by atoms with E-state index in [1.807, 2.05) is 54.6 Å². The number of para-hydroxylation sites is 1. The normalized spacial score (nSPS) is 10.9.